The first-order valence-corrected chi connectivity index (χ1v) is 7.03. The highest BCUT2D eigenvalue weighted by Crippen LogP contribution is 2.32. The average Bonchev–Trinajstić information content (AvgIpc) is 2.84. The topological polar surface area (TPSA) is 38.8 Å². The Morgan fingerprint density at radius 2 is 1.63 bits per heavy atom. The fourth-order valence-electron chi connectivity index (χ4n) is 2.66. The summed E-state index contributed by atoms with van der Waals surface area (Å²) in [7, 11) is 0. The van der Waals surface area contributed by atoms with Crippen LogP contribution in [0.2, 0.25) is 0 Å². The van der Waals surface area contributed by atoms with Crippen molar-refractivity contribution < 1.29 is 14.3 Å². The van der Waals surface area contributed by atoms with Gasteiger partial charge in [-0.25, -0.2) is 0 Å². The van der Waals surface area contributed by atoms with Crippen LogP contribution in [0.15, 0.2) is 18.2 Å². The zero-order valence-corrected chi connectivity index (χ0v) is 11.1. The van der Waals surface area contributed by atoms with Crippen molar-refractivity contribution in [2.45, 2.75) is 32.1 Å². The van der Waals surface area contributed by atoms with E-state index in [4.69, 9.17) is 9.47 Å². The molecule has 0 spiro atoms. The molecule has 0 bridgehead atoms. The van der Waals surface area contributed by atoms with E-state index < -0.39 is 0 Å². The molecule has 2 aliphatic heterocycles. The van der Waals surface area contributed by atoms with Gasteiger partial charge in [0.15, 0.2) is 11.5 Å². The molecule has 4 heteroatoms. The number of hydrogen-bond acceptors (Lipinski definition) is 3. The molecule has 1 saturated heterocycles. The van der Waals surface area contributed by atoms with Crippen molar-refractivity contribution in [3.63, 3.8) is 0 Å². The standard InChI is InChI=1S/C15H19NO3/c17-15(16-8-4-2-1-3-5-9-16)12-6-7-13-14(10-12)19-11-18-13/h6-7,10H,1-5,8-9,11H2. The molecule has 0 N–H and O–H groups in total. The van der Waals surface area contributed by atoms with E-state index >= 15 is 0 Å². The highest BCUT2D eigenvalue weighted by molar-refractivity contribution is 5.95. The third-order valence-electron chi connectivity index (χ3n) is 3.76. The van der Waals surface area contributed by atoms with Gasteiger partial charge in [-0.05, 0) is 31.0 Å². The van der Waals surface area contributed by atoms with Crippen LogP contribution < -0.4 is 9.47 Å². The molecule has 3 rings (SSSR count). The van der Waals surface area contributed by atoms with E-state index in [0.717, 1.165) is 31.7 Å². The second-order valence-corrected chi connectivity index (χ2v) is 5.13. The first kappa shape index (κ1) is 12.3. The molecular formula is C15H19NO3. The van der Waals surface area contributed by atoms with E-state index in [-0.39, 0.29) is 12.7 Å². The summed E-state index contributed by atoms with van der Waals surface area (Å²) in [5, 5.41) is 0. The smallest absolute Gasteiger partial charge is 0.253 e. The largest absolute Gasteiger partial charge is 0.454 e. The van der Waals surface area contributed by atoms with Crippen LogP contribution in [0.25, 0.3) is 0 Å². The molecule has 0 saturated carbocycles. The Hall–Kier alpha value is -1.71. The van der Waals surface area contributed by atoms with Crippen molar-refractivity contribution >= 4 is 5.91 Å². The van der Waals surface area contributed by atoms with E-state index in [1.807, 2.05) is 17.0 Å². The fraction of sp³-hybridized carbons (Fsp3) is 0.533. The van der Waals surface area contributed by atoms with Crippen LogP contribution in [0.5, 0.6) is 11.5 Å². The van der Waals surface area contributed by atoms with Crippen LogP contribution in [0.4, 0.5) is 0 Å². The number of likely N-dealkylation sites (tertiary alicyclic amines) is 1. The molecule has 1 aromatic rings. The summed E-state index contributed by atoms with van der Waals surface area (Å²) in [4.78, 5) is 14.5. The van der Waals surface area contributed by atoms with E-state index in [9.17, 15) is 4.79 Å². The number of carbonyl (C=O) groups is 1. The van der Waals surface area contributed by atoms with Crippen molar-refractivity contribution in [3.8, 4) is 11.5 Å². The Morgan fingerprint density at radius 3 is 2.42 bits per heavy atom. The minimum Gasteiger partial charge on any atom is -0.454 e. The molecule has 0 radical (unpaired) electrons. The second-order valence-electron chi connectivity index (χ2n) is 5.13. The van der Waals surface area contributed by atoms with Gasteiger partial charge in [0.1, 0.15) is 0 Å². The molecule has 1 fully saturated rings. The lowest BCUT2D eigenvalue weighted by molar-refractivity contribution is 0.0742. The highest BCUT2D eigenvalue weighted by Gasteiger charge is 2.20. The average molecular weight is 261 g/mol. The van der Waals surface area contributed by atoms with Gasteiger partial charge in [0.05, 0.1) is 0 Å². The number of carbonyl (C=O) groups excluding carboxylic acids is 1. The first-order chi connectivity index (χ1) is 9.34. The SMILES string of the molecule is O=C(c1ccc2c(c1)OCO2)N1CCCCCCC1. The van der Waals surface area contributed by atoms with Crippen LogP contribution in [0, 0.1) is 0 Å². The maximum atomic E-state index is 12.5. The van der Waals surface area contributed by atoms with Crippen molar-refractivity contribution in [3.05, 3.63) is 23.8 Å². The molecule has 0 unspecified atom stereocenters. The quantitative estimate of drug-likeness (QED) is 0.780. The maximum absolute atomic E-state index is 12.5. The molecule has 0 aliphatic carbocycles. The van der Waals surface area contributed by atoms with Crippen LogP contribution in [0.3, 0.4) is 0 Å². The van der Waals surface area contributed by atoms with Crippen LogP contribution in [0.1, 0.15) is 42.5 Å². The van der Waals surface area contributed by atoms with Gasteiger partial charge in [0, 0.05) is 18.7 Å². The minimum atomic E-state index is 0.111. The molecule has 102 valence electrons. The predicted octanol–water partition coefficient (Wildman–Crippen LogP) is 2.82. The normalized spacial score (nSPS) is 18.8. The van der Waals surface area contributed by atoms with Gasteiger partial charge in [0.25, 0.3) is 5.91 Å². The van der Waals surface area contributed by atoms with Crippen molar-refractivity contribution in [1.82, 2.24) is 4.90 Å². The predicted molar refractivity (Wildman–Crippen MR) is 71.6 cm³/mol. The third kappa shape index (κ3) is 2.67. The number of rotatable bonds is 1. The minimum absolute atomic E-state index is 0.111. The summed E-state index contributed by atoms with van der Waals surface area (Å²) in [6, 6.07) is 5.44. The molecule has 2 heterocycles. The van der Waals surface area contributed by atoms with E-state index in [0.29, 0.717) is 11.3 Å². The maximum Gasteiger partial charge on any atom is 0.253 e. The second kappa shape index (κ2) is 5.51. The van der Waals surface area contributed by atoms with E-state index in [2.05, 4.69) is 0 Å². The molecule has 19 heavy (non-hydrogen) atoms. The van der Waals surface area contributed by atoms with Gasteiger partial charge < -0.3 is 14.4 Å². The molecule has 4 nitrogen and oxygen atoms in total. The number of nitrogens with zero attached hydrogens (tertiary/aromatic N) is 1. The van der Waals surface area contributed by atoms with Crippen molar-refractivity contribution in [2.24, 2.45) is 0 Å². The monoisotopic (exact) mass is 261 g/mol. The molecule has 2 aliphatic rings. The summed E-state index contributed by atoms with van der Waals surface area (Å²) >= 11 is 0. The molecule has 0 atom stereocenters. The van der Waals surface area contributed by atoms with Gasteiger partial charge in [-0.1, -0.05) is 19.3 Å². The molecule has 1 aromatic carbocycles. The zero-order chi connectivity index (χ0) is 13.1. The third-order valence-corrected chi connectivity index (χ3v) is 3.76. The number of ether oxygens (including phenoxy) is 2. The van der Waals surface area contributed by atoms with Crippen molar-refractivity contribution in [2.75, 3.05) is 19.9 Å². The summed E-state index contributed by atoms with van der Waals surface area (Å²) in [6.07, 6.45) is 5.97. The lowest BCUT2D eigenvalue weighted by Gasteiger charge is -2.24. The zero-order valence-electron chi connectivity index (χ0n) is 11.1. The van der Waals surface area contributed by atoms with E-state index in [1.54, 1.807) is 6.07 Å². The number of fused-ring (bicyclic) bond motifs is 1. The Morgan fingerprint density at radius 1 is 0.947 bits per heavy atom. The van der Waals surface area contributed by atoms with E-state index in [1.165, 1.54) is 19.3 Å². The molecular weight excluding hydrogens is 242 g/mol. The highest BCUT2D eigenvalue weighted by atomic mass is 16.7. The lowest BCUT2D eigenvalue weighted by atomic mass is 10.1. The Balaban J connectivity index is 1.75. The molecule has 0 aromatic heterocycles. The number of benzene rings is 1. The Labute approximate surface area is 113 Å². The van der Waals surface area contributed by atoms with Gasteiger partial charge in [0.2, 0.25) is 6.79 Å². The molecule has 1 amide bonds. The van der Waals surface area contributed by atoms with Crippen LogP contribution in [-0.4, -0.2) is 30.7 Å². The Bertz CT molecular complexity index is 464. The van der Waals surface area contributed by atoms with Gasteiger partial charge in [-0.15, -0.1) is 0 Å². The number of amides is 1. The fourth-order valence-corrected chi connectivity index (χ4v) is 2.66. The van der Waals surface area contributed by atoms with Crippen LogP contribution in [-0.2, 0) is 0 Å². The van der Waals surface area contributed by atoms with Gasteiger partial charge in [-0.2, -0.15) is 0 Å². The number of hydrogen-bond donors (Lipinski definition) is 0. The van der Waals surface area contributed by atoms with Gasteiger partial charge >= 0.3 is 0 Å². The summed E-state index contributed by atoms with van der Waals surface area (Å²) < 4.78 is 10.6. The summed E-state index contributed by atoms with van der Waals surface area (Å²) in [6.45, 7) is 1.98. The Kier molecular flexibility index (Phi) is 3.58. The lowest BCUT2D eigenvalue weighted by Crippen LogP contribution is -2.33. The van der Waals surface area contributed by atoms with Crippen molar-refractivity contribution in [1.29, 1.82) is 0 Å². The van der Waals surface area contributed by atoms with Gasteiger partial charge in [-0.3, -0.25) is 4.79 Å². The summed E-state index contributed by atoms with van der Waals surface area (Å²) in [5.41, 5.74) is 0.699. The first-order valence-electron chi connectivity index (χ1n) is 7.03. The summed E-state index contributed by atoms with van der Waals surface area (Å²) in [5.74, 6) is 1.52. The van der Waals surface area contributed by atoms with Crippen LogP contribution >= 0.6 is 0 Å².